The van der Waals surface area contributed by atoms with Gasteiger partial charge in [-0.1, -0.05) is 19.4 Å². The highest BCUT2D eigenvalue weighted by molar-refractivity contribution is 5.56. The number of hydrogen-bond donors (Lipinski definition) is 1. The standard InChI is InChI=1S/C18H23N5/c1-4-5-16-15-9-23(12(2)3)7-6-13(15)14(8-19)17(22)18(16,10-20)11-21/h6,12,15-16H,4-5,7,9,22H2,1-3H3/t15-,16+/m1/s1. The number of nitrogens with two attached hydrogens (primary N) is 1. The highest BCUT2D eigenvalue weighted by Gasteiger charge is 2.53. The van der Waals surface area contributed by atoms with Crippen molar-refractivity contribution in [1.82, 2.24) is 4.90 Å². The number of rotatable bonds is 3. The molecule has 1 aliphatic heterocycles. The van der Waals surface area contributed by atoms with Gasteiger partial charge in [0.25, 0.3) is 0 Å². The normalized spacial score (nSPS) is 26.7. The zero-order valence-electron chi connectivity index (χ0n) is 14.0. The van der Waals surface area contributed by atoms with Crippen LogP contribution in [0.15, 0.2) is 22.9 Å². The maximum atomic E-state index is 9.76. The van der Waals surface area contributed by atoms with E-state index >= 15 is 0 Å². The van der Waals surface area contributed by atoms with Crippen LogP contribution in [0.2, 0.25) is 0 Å². The second-order valence-electron chi connectivity index (χ2n) is 6.64. The molecule has 0 saturated heterocycles. The fourth-order valence-corrected chi connectivity index (χ4v) is 3.86. The average Bonchev–Trinajstić information content (AvgIpc) is 2.56. The van der Waals surface area contributed by atoms with Crippen molar-refractivity contribution in [2.75, 3.05) is 13.1 Å². The zero-order valence-corrected chi connectivity index (χ0v) is 14.0. The molecule has 0 aromatic carbocycles. The molecule has 1 aliphatic carbocycles. The Balaban J connectivity index is 2.66. The number of nitriles is 3. The molecular formula is C18H23N5. The fourth-order valence-electron chi connectivity index (χ4n) is 3.86. The van der Waals surface area contributed by atoms with Crippen LogP contribution in [0.5, 0.6) is 0 Å². The van der Waals surface area contributed by atoms with Gasteiger partial charge in [-0.25, -0.2) is 0 Å². The van der Waals surface area contributed by atoms with E-state index in [1.165, 1.54) is 0 Å². The molecule has 23 heavy (non-hydrogen) atoms. The van der Waals surface area contributed by atoms with Crippen LogP contribution in [0.1, 0.15) is 33.6 Å². The lowest BCUT2D eigenvalue weighted by Gasteiger charge is -2.46. The van der Waals surface area contributed by atoms with Crippen LogP contribution < -0.4 is 5.73 Å². The molecule has 0 aromatic heterocycles. The van der Waals surface area contributed by atoms with Crippen molar-refractivity contribution in [2.24, 2.45) is 23.0 Å². The predicted molar refractivity (Wildman–Crippen MR) is 87.2 cm³/mol. The van der Waals surface area contributed by atoms with Gasteiger partial charge >= 0.3 is 0 Å². The molecule has 2 rings (SSSR count). The summed E-state index contributed by atoms with van der Waals surface area (Å²) in [5.74, 6) is -0.167. The molecule has 2 aliphatic rings. The molecule has 0 saturated carbocycles. The second kappa shape index (κ2) is 6.45. The number of allylic oxidation sites excluding steroid dienone is 2. The number of nitrogens with zero attached hydrogens (tertiary/aromatic N) is 4. The summed E-state index contributed by atoms with van der Waals surface area (Å²) in [6.07, 6.45) is 3.67. The van der Waals surface area contributed by atoms with E-state index in [1.807, 2.05) is 6.92 Å². The molecule has 0 amide bonds. The van der Waals surface area contributed by atoms with Gasteiger partial charge in [0.1, 0.15) is 6.07 Å². The molecular weight excluding hydrogens is 286 g/mol. The van der Waals surface area contributed by atoms with E-state index in [1.54, 1.807) is 0 Å². The molecule has 5 heteroatoms. The molecule has 0 spiro atoms. The Kier molecular flexibility index (Phi) is 4.79. The summed E-state index contributed by atoms with van der Waals surface area (Å²) < 4.78 is 0. The van der Waals surface area contributed by atoms with Crippen LogP contribution >= 0.6 is 0 Å². The molecule has 0 unspecified atom stereocenters. The minimum atomic E-state index is -1.40. The Morgan fingerprint density at radius 1 is 1.35 bits per heavy atom. The maximum absolute atomic E-state index is 9.76. The van der Waals surface area contributed by atoms with Gasteiger partial charge in [-0.05, 0) is 25.8 Å². The van der Waals surface area contributed by atoms with E-state index in [4.69, 9.17) is 5.73 Å². The summed E-state index contributed by atoms with van der Waals surface area (Å²) >= 11 is 0. The van der Waals surface area contributed by atoms with Crippen molar-refractivity contribution in [2.45, 2.75) is 39.7 Å². The van der Waals surface area contributed by atoms with Crippen molar-refractivity contribution >= 4 is 0 Å². The third-order valence-corrected chi connectivity index (χ3v) is 5.20. The van der Waals surface area contributed by atoms with Crippen LogP contribution in [0.3, 0.4) is 0 Å². The van der Waals surface area contributed by atoms with Crippen molar-refractivity contribution < 1.29 is 0 Å². The maximum Gasteiger partial charge on any atom is 0.187 e. The highest BCUT2D eigenvalue weighted by atomic mass is 15.2. The van der Waals surface area contributed by atoms with Gasteiger partial charge < -0.3 is 5.73 Å². The third kappa shape index (κ3) is 2.50. The monoisotopic (exact) mass is 309 g/mol. The molecule has 2 atom stereocenters. The van der Waals surface area contributed by atoms with Gasteiger partial charge in [0, 0.05) is 31.0 Å². The molecule has 0 radical (unpaired) electrons. The predicted octanol–water partition coefficient (Wildman–Crippen LogP) is 2.45. The van der Waals surface area contributed by atoms with Crippen molar-refractivity contribution in [1.29, 1.82) is 15.8 Å². The highest BCUT2D eigenvalue weighted by Crippen LogP contribution is 2.51. The molecule has 0 aromatic rings. The Morgan fingerprint density at radius 2 is 2.00 bits per heavy atom. The second-order valence-corrected chi connectivity index (χ2v) is 6.64. The summed E-state index contributed by atoms with van der Waals surface area (Å²) in [7, 11) is 0. The van der Waals surface area contributed by atoms with Crippen LogP contribution in [-0.2, 0) is 0 Å². The van der Waals surface area contributed by atoms with Crippen molar-refractivity contribution in [3.63, 3.8) is 0 Å². The van der Waals surface area contributed by atoms with Crippen LogP contribution in [0.4, 0.5) is 0 Å². The lowest BCUT2D eigenvalue weighted by molar-refractivity contribution is 0.138. The molecule has 120 valence electrons. The minimum absolute atomic E-state index is 0.00681. The first-order valence-corrected chi connectivity index (χ1v) is 8.14. The Bertz CT molecular complexity index is 651. The van der Waals surface area contributed by atoms with E-state index in [2.05, 4.69) is 43.0 Å². The van der Waals surface area contributed by atoms with E-state index in [-0.39, 0.29) is 17.5 Å². The smallest absolute Gasteiger partial charge is 0.187 e. The first-order chi connectivity index (χ1) is 11.0. The molecule has 0 bridgehead atoms. The number of hydrogen-bond acceptors (Lipinski definition) is 5. The first-order valence-electron chi connectivity index (χ1n) is 8.14. The summed E-state index contributed by atoms with van der Waals surface area (Å²) in [6.45, 7) is 7.84. The van der Waals surface area contributed by atoms with E-state index in [9.17, 15) is 15.8 Å². The van der Waals surface area contributed by atoms with Gasteiger partial charge in [0.05, 0.1) is 23.4 Å². The molecule has 5 nitrogen and oxygen atoms in total. The van der Waals surface area contributed by atoms with Crippen molar-refractivity contribution in [3.05, 3.63) is 22.9 Å². The Hall–Kier alpha value is -2.29. The van der Waals surface area contributed by atoms with Crippen LogP contribution in [-0.4, -0.2) is 24.0 Å². The third-order valence-electron chi connectivity index (χ3n) is 5.20. The summed E-state index contributed by atoms with van der Waals surface area (Å²) in [5, 5.41) is 29.1. The number of fused-ring (bicyclic) bond motifs is 1. The molecule has 2 N–H and O–H groups in total. The SMILES string of the molecule is CCC[C@H]1[C@@H]2CN(C(C)C)CC=C2C(C#N)=C(N)C1(C#N)C#N. The lowest BCUT2D eigenvalue weighted by atomic mass is 9.59. The summed E-state index contributed by atoms with van der Waals surface area (Å²) in [6, 6.07) is 6.83. The minimum Gasteiger partial charge on any atom is -0.399 e. The summed E-state index contributed by atoms with van der Waals surface area (Å²) in [5.41, 5.74) is 6.19. The fraction of sp³-hybridized carbons (Fsp3) is 0.611. The zero-order chi connectivity index (χ0) is 17.2. The molecule has 0 fully saturated rings. The largest absolute Gasteiger partial charge is 0.399 e. The van der Waals surface area contributed by atoms with Gasteiger partial charge in [-0.15, -0.1) is 0 Å². The van der Waals surface area contributed by atoms with E-state index in [0.717, 1.165) is 31.5 Å². The van der Waals surface area contributed by atoms with Gasteiger partial charge in [0.15, 0.2) is 5.41 Å². The quantitative estimate of drug-likeness (QED) is 0.863. The van der Waals surface area contributed by atoms with E-state index < -0.39 is 5.41 Å². The van der Waals surface area contributed by atoms with Crippen molar-refractivity contribution in [3.8, 4) is 18.2 Å². The van der Waals surface area contributed by atoms with Gasteiger partial charge in [-0.2, -0.15) is 15.8 Å². The average molecular weight is 309 g/mol. The first kappa shape index (κ1) is 17.1. The van der Waals surface area contributed by atoms with Gasteiger partial charge in [-0.3, -0.25) is 4.90 Å². The Morgan fingerprint density at radius 3 is 2.48 bits per heavy atom. The van der Waals surface area contributed by atoms with Crippen LogP contribution in [0.25, 0.3) is 0 Å². The van der Waals surface area contributed by atoms with Gasteiger partial charge in [0.2, 0.25) is 0 Å². The topological polar surface area (TPSA) is 101 Å². The van der Waals surface area contributed by atoms with Crippen LogP contribution in [0, 0.1) is 51.2 Å². The molecule has 1 heterocycles. The van der Waals surface area contributed by atoms with E-state index in [0.29, 0.717) is 11.6 Å². The Labute approximate surface area is 138 Å². The summed E-state index contributed by atoms with van der Waals surface area (Å²) in [4.78, 5) is 2.31. The lowest BCUT2D eigenvalue weighted by Crippen LogP contribution is -2.50.